The molecule has 3 aromatic rings. The van der Waals surface area contributed by atoms with E-state index in [1.54, 1.807) is 25.3 Å². The fraction of sp³-hybridized carbons (Fsp3) is 0.421. The van der Waals surface area contributed by atoms with Gasteiger partial charge < -0.3 is 10.6 Å². The van der Waals surface area contributed by atoms with E-state index in [4.69, 9.17) is 5.73 Å². The van der Waals surface area contributed by atoms with Crippen molar-refractivity contribution in [3.63, 3.8) is 0 Å². The third kappa shape index (κ3) is 3.11. The van der Waals surface area contributed by atoms with E-state index in [0.29, 0.717) is 11.0 Å². The molecule has 0 bridgehead atoms. The lowest BCUT2D eigenvalue weighted by Crippen LogP contribution is -2.53. The molecular weight excluding hydrogens is 388 g/mol. The highest BCUT2D eigenvalue weighted by atomic mass is 19.4. The number of rotatable bonds is 4. The van der Waals surface area contributed by atoms with E-state index in [1.165, 1.54) is 17.0 Å². The lowest BCUT2D eigenvalue weighted by Gasteiger charge is -2.36. The number of hydrogen-bond donors (Lipinski definition) is 2. The number of nitrogens with two attached hydrogens (primary N) is 1. The zero-order chi connectivity index (χ0) is 20.8. The fourth-order valence-corrected chi connectivity index (χ4v) is 3.97. The number of anilines is 1. The van der Waals surface area contributed by atoms with Gasteiger partial charge in [-0.1, -0.05) is 6.92 Å². The molecule has 0 radical (unpaired) electrons. The highest BCUT2D eigenvalue weighted by molar-refractivity contribution is 5.89. The van der Waals surface area contributed by atoms with Crippen LogP contribution in [-0.2, 0) is 0 Å². The van der Waals surface area contributed by atoms with Crippen LogP contribution in [0.5, 0.6) is 0 Å². The molecule has 29 heavy (non-hydrogen) atoms. The van der Waals surface area contributed by atoms with Gasteiger partial charge in [0, 0.05) is 30.7 Å². The predicted molar refractivity (Wildman–Crippen MR) is 101 cm³/mol. The highest BCUT2D eigenvalue weighted by Gasteiger charge is 2.60. The van der Waals surface area contributed by atoms with E-state index in [2.05, 4.69) is 20.2 Å². The van der Waals surface area contributed by atoms with Gasteiger partial charge >= 0.3 is 6.18 Å². The van der Waals surface area contributed by atoms with Crippen molar-refractivity contribution < 1.29 is 17.6 Å². The zero-order valence-electron chi connectivity index (χ0n) is 15.7. The Morgan fingerprint density at radius 3 is 2.79 bits per heavy atom. The van der Waals surface area contributed by atoms with Crippen molar-refractivity contribution in [2.45, 2.75) is 32.0 Å². The van der Waals surface area contributed by atoms with Crippen LogP contribution in [0.1, 0.15) is 19.8 Å². The first-order valence-electron chi connectivity index (χ1n) is 9.30. The summed E-state index contributed by atoms with van der Waals surface area (Å²) in [5.74, 6) is -0.353. The summed E-state index contributed by atoms with van der Waals surface area (Å²) in [5.41, 5.74) is 4.57. The molecule has 4 rings (SSSR count). The Bertz CT molecular complexity index is 1030. The van der Waals surface area contributed by atoms with Crippen molar-refractivity contribution in [2.24, 2.45) is 11.1 Å². The standard InChI is InChI=1S/C19H20F4N6/c1-2-13(24)18(19(21,22)23)7-9-29(10-18)14-6-5-12(20)16(26-14)15-11-4-3-8-25-17(11)28-27-15/h3-6,8,13H,2,7,9-10,24H2,1H3,(H,25,27,28). The molecule has 0 saturated carbocycles. The van der Waals surface area contributed by atoms with Gasteiger partial charge in [-0.2, -0.15) is 18.3 Å². The summed E-state index contributed by atoms with van der Waals surface area (Å²) in [6.45, 7) is 1.46. The minimum absolute atomic E-state index is 0.0361. The summed E-state index contributed by atoms with van der Waals surface area (Å²) in [5, 5.41) is 7.39. The van der Waals surface area contributed by atoms with Crippen LogP contribution in [0, 0.1) is 11.2 Å². The van der Waals surface area contributed by atoms with Crippen LogP contribution < -0.4 is 10.6 Å². The Morgan fingerprint density at radius 2 is 2.07 bits per heavy atom. The third-order valence-electron chi connectivity index (χ3n) is 5.73. The molecule has 2 atom stereocenters. The van der Waals surface area contributed by atoms with Gasteiger partial charge in [0.05, 0.1) is 0 Å². The number of nitrogens with zero attached hydrogens (tertiary/aromatic N) is 4. The number of aromatic nitrogens is 4. The second-order valence-electron chi connectivity index (χ2n) is 7.31. The Kier molecular flexibility index (Phi) is 4.68. The molecule has 2 unspecified atom stereocenters. The summed E-state index contributed by atoms with van der Waals surface area (Å²) in [6, 6.07) is 4.97. The second-order valence-corrected chi connectivity index (χ2v) is 7.31. The van der Waals surface area contributed by atoms with Crippen LogP contribution in [0.3, 0.4) is 0 Å². The largest absolute Gasteiger partial charge is 0.397 e. The van der Waals surface area contributed by atoms with Crippen molar-refractivity contribution in [1.29, 1.82) is 0 Å². The van der Waals surface area contributed by atoms with E-state index in [1.807, 2.05) is 0 Å². The number of nitrogens with one attached hydrogen (secondary N) is 1. The van der Waals surface area contributed by atoms with E-state index in [0.717, 1.165) is 0 Å². The van der Waals surface area contributed by atoms with Crippen LogP contribution >= 0.6 is 0 Å². The quantitative estimate of drug-likeness (QED) is 0.644. The predicted octanol–water partition coefficient (Wildman–Crippen LogP) is 3.66. The van der Waals surface area contributed by atoms with E-state index < -0.39 is 23.5 Å². The average Bonchev–Trinajstić information content (AvgIpc) is 3.33. The Labute approximate surface area is 164 Å². The molecule has 10 heteroatoms. The lowest BCUT2D eigenvalue weighted by molar-refractivity contribution is -0.223. The molecule has 6 nitrogen and oxygen atoms in total. The maximum absolute atomic E-state index is 14.5. The van der Waals surface area contributed by atoms with Crippen molar-refractivity contribution in [3.8, 4) is 11.4 Å². The summed E-state index contributed by atoms with van der Waals surface area (Å²) in [6.07, 6.45) is -2.79. The van der Waals surface area contributed by atoms with Gasteiger partial charge in [0.15, 0.2) is 11.5 Å². The number of hydrogen-bond acceptors (Lipinski definition) is 5. The summed E-state index contributed by atoms with van der Waals surface area (Å²) in [4.78, 5) is 9.94. The molecule has 3 aromatic heterocycles. The van der Waals surface area contributed by atoms with Gasteiger partial charge in [-0.3, -0.25) is 5.10 Å². The van der Waals surface area contributed by atoms with Crippen LogP contribution in [-0.4, -0.2) is 45.5 Å². The average molecular weight is 408 g/mol. The number of aromatic amines is 1. The number of pyridine rings is 2. The summed E-state index contributed by atoms with van der Waals surface area (Å²) in [7, 11) is 0. The molecule has 1 saturated heterocycles. The molecule has 154 valence electrons. The van der Waals surface area contributed by atoms with Crippen LogP contribution in [0.4, 0.5) is 23.4 Å². The van der Waals surface area contributed by atoms with E-state index >= 15 is 0 Å². The summed E-state index contributed by atoms with van der Waals surface area (Å²) < 4.78 is 56.1. The molecule has 3 N–H and O–H groups in total. The monoisotopic (exact) mass is 408 g/mol. The Hall–Kier alpha value is -2.75. The molecular formula is C19H20F4N6. The molecule has 1 aliphatic rings. The molecule has 0 aliphatic carbocycles. The Balaban J connectivity index is 1.72. The molecule has 0 amide bonds. The van der Waals surface area contributed by atoms with Crippen molar-refractivity contribution in [3.05, 3.63) is 36.3 Å². The lowest BCUT2D eigenvalue weighted by atomic mass is 9.78. The molecule has 1 fully saturated rings. The van der Waals surface area contributed by atoms with Gasteiger partial charge in [-0.15, -0.1) is 0 Å². The molecule has 0 spiro atoms. The maximum Gasteiger partial charge on any atom is 0.397 e. The number of H-pyrrole nitrogens is 1. The molecule has 0 aromatic carbocycles. The smallest absolute Gasteiger partial charge is 0.356 e. The van der Waals surface area contributed by atoms with Gasteiger partial charge in [0.1, 0.15) is 22.6 Å². The van der Waals surface area contributed by atoms with E-state index in [9.17, 15) is 17.6 Å². The van der Waals surface area contributed by atoms with Crippen LogP contribution in [0.15, 0.2) is 30.5 Å². The molecule has 4 heterocycles. The minimum Gasteiger partial charge on any atom is -0.356 e. The number of fused-ring (bicyclic) bond motifs is 1. The number of halogens is 4. The number of alkyl halides is 3. The first-order valence-corrected chi connectivity index (χ1v) is 9.30. The van der Waals surface area contributed by atoms with Crippen molar-refractivity contribution in [2.75, 3.05) is 18.0 Å². The first kappa shape index (κ1) is 19.6. The van der Waals surface area contributed by atoms with Gasteiger partial charge in [0.2, 0.25) is 0 Å². The highest BCUT2D eigenvalue weighted by Crippen LogP contribution is 2.49. The van der Waals surface area contributed by atoms with Crippen LogP contribution in [0.2, 0.25) is 0 Å². The van der Waals surface area contributed by atoms with Crippen molar-refractivity contribution >= 4 is 16.9 Å². The van der Waals surface area contributed by atoms with Gasteiger partial charge in [-0.25, -0.2) is 14.4 Å². The SMILES string of the molecule is CCC(N)C1(C(F)(F)F)CCN(c2ccc(F)c(-c3n[nH]c4ncccc34)n2)C1. The second kappa shape index (κ2) is 6.94. The normalized spacial score (nSPS) is 21.1. The van der Waals surface area contributed by atoms with Crippen LogP contribution in [0.25, 0.3) is 22.4 Å². The first-order chi connectivity index (χ1) is 13.8. The topological polar surface area (TPSA) is 83.7 Å². The van der Waals surface area contributed by atoms with E-state index in [-0.39, 0.29) is 43.1 Å². The zero-order valence-corrected chi connectivity index (χ0v) is 15.7. The molecule has 1 aliphatic heterocycles. The minimum atomic E-state index is -4.44. The fourth-order valence-electron chi connectivity index (χ4n) is 3.97. The third-order valence-corrected chi connectivity index (χ3v) is 5.73. The van der Waals surface area contributed by atoms with Gasteiger partial charge in [-0.05, 0) is 37.1 Å². The van der Waals surface area contributed by atoms with Crippen molar-refractivity contribution in [1.82, 2.24) is 20.2 Å². The summed E-state index contributed by atoms with van der Waals surface area (Å²) >= 11 is 0. The Morgan fingerprint density at radius 1 is 1.28 bits per heavy atom. The maximum atomic E-state index is 14.5. The van der Waals surface area contributed by atoms with Gasteiger partial charge in [0.25, 0.3) is 0 Å².